The third-order valence-corrected chi connectivity index (χ3v) is 4.47. The highest BCUT2D eigenvalue weighted by molar-refractivity contribution is 5.65. The number of rotatable bonds is 3. The van der Waals surface area contributed by atoms with Crippen LogP contribution in [-0.2, 0) is 27.1 Å². The Morgan fingerprint density at radius 1 is 1.17 bits per heavy atom. The monoisotopic (exact) mass is 315 g/mol. The Labute approximate surface area is 134 Å². The van der Waals surface area contributed by atoms with Crippen molar-refractivity contribution in [2.45, 2.75) is 19.4 Å². The minimum atomic E-state index is -0.301. The lowest BCUT2D eigenvalue weighted by Crippen LogP contribution is -2.40. The lowest BCUT2D eigenvalue weighted by atomic mass is 10.0. The van der Waals surface area contributed by atoms with Gasteiger partial charge in [0, 0.05) is 32.4 Å². The summed E-state index contributed by atoms with van der Waals surface area (Å²) < 4.78 is 8.15. The van der Waals surface area contributed by atoms with Crippen LogP contribution >= 0.6 is 0 Å². The van der Waals surface area contributed by atoms with Crippen LogP contribution in [0.3, 0.4) is 0 Å². The molecule has 0 amide bonds. The van der Waals surface area contributed by atoms with Crippen molar-refractivity contribution in [3.63, 3.8) is 0 Å². The zero-order valence-electron chi connectivity index (χ0n) is 13.7. The molecule has 2 heterocycles. The second kappa shape index (κ2) is 5.95. The summed E-state index contributed by atoms with van der Waals surface area (Å²) in [6.07, 6.45) is 2.05. The average Bonchev–Trinajstić information content (AvgIpc) is 2.57. The summed E-state index contributed by atoms with van der Waals surface area (Å²) >= 11 is 0. The van der Waals surface area contributed by atoms with Gasteiger partial charge in [0.05, 0.1) is 19.3 Å². The zero-order valence-corrected chi connectivity index (χ0v) is 13.7. The van der Waals surface area contributed by atoms with Crippen LogP contribution in [0.25, 0.3) is 0 Å². The number of aryl methyl sites for hydroxylation is 1. The number of hydrogen-bond acceptors (Lipinski definition) is 4. The molecule has 0 radical (unpaired) electrons. The third kappa shape index (κ3) is 2.65. The molecule has 0 N–H and O–H groups in total. The van der Waals surface area contributed by atoms with E-state index in [2.05, 4.69) is 11.0 Å². The molecule has 1 aliphatic heterocycles. The van der Waals surface area contributed by atoms with Crippen molar-refractivity contribution >= 4 is 5.69 Å². The highest BCUT2D eigenvalue weighted by Crippen LogP contribution is 2.36. The standard InChI is InChI=1S/C17H21N3O3/c1-18-13(10-15(21)19(2)17(18)22)11-20-9-5-7-12-6-4-8-14(23-3)16(12)20/h4,6,8,10H,5,7,9,11H2,1-3H3. The fraction of sp³-hybridized carbons (Fsp3) is 0.412. The van der Waals surface area contributed by atoms with Crippen molar-refractivity contribution < 1.29 is 4.74 Å². The Morgan fingerprint density at radius 3 is 2.70 bits per heavy atom. The van der Waals surface area contributed by atoms with E-state index in [4.69, 9.17) is 4.74 Å². The summed E-state index contributed by atoms with van der Waals surface area (Å²) in [5.74, 6) is 0.830. The Morgan fingerprint density at radius 2 is 1.96 bits per heavy atom. The maximum Gasteiger partial charge on any atom is 0.330 e. The quantitative estimate of drug-likeness (QED) is 0.849. The first kappa shape index (κ1) is 15.4. The summed E-state index contributed by atoms with van der Waals surface area (Å²) in [5, 5.41) is 0. The summed E-state index contributed by atoms with van der Waals surface area (Å²) in [5.41, 5.74) is 2.43. The largest absolute Gasteiger partial charge is 0.495 e. The highest BCUT2D eigenvalue weighted by Gasteiger charge is 2.22. The fourth-order valence-electron chi connectivity index (χ4n) is 3.15. The molecular weight excluding hydrogens is 294 g/mol. The van der Waals surface area contributed by atoms with Crippen molar-refractivity contribution in [1.29, 1.82) is 0 Å². The smallest absolute Gasteiger partial charge is 0.330 e. The van der Waals surface area contributed by atoms with E-state index in [9.17, 15) is 9.59 Å². The number of hydrogen-bond donors (Lipinski definition) is 0. The lowest BCUT2D eigenvalue weighted by Gasteiger charge is -2.33. The molecule has 0 unspecified atom stereocenters. The van der Waals surface area contributed by atoms with E-state index >= 15 is 0 Å². The summed E-state index contributed by atoms with van der Waals surface area (Å²) in [7, 11) is 4.86. The zero-order chi connectivity index (χ0) is 16.6. The molecule has 1 aliphatic rings. The number of nitrogens with zero attached hydrogens (tertiary/aromatic N) is 3. The van der Waals surface area contributed by atoms with E-state index in [1.165, 1.54) is 23.2 Å². The molecule has 6 heteroatoms. The summed E-state index contributed by atoms with van der Waals surface area (Å²) in [6, 6.07) is 7.58. The van der Waals surface area contributed by atoms with Gasteiger partial charge in [-0.2, -0.15) is 0 Å². The first-order chi connectivity index (χ1) is 11.0. The molecule has 0 saturated heterocycles. The number of ether oxygens (including phenoxy) is 1. The van der Waals surface area contributed by atoms with Crippen molar-refractivity contribution in [2.75, 3.05) is 18.6 Å². The molecular formula is C17H21N3O3. The van der Waals surface area contributed by atoms with E-state index in [1.54, 1.807) is 14.2 Å². The molecule has 0 aliphatic carbocycles. The molecule has 1 aromatic heterocycles. The first-order valence-corrected chi connectivity index (χ1v) is 7.69. The fourth-order valence-corrected chi connectivity index (χ4v) is 3.15. The maximum absolute atomic E-state index is 12.1. The van der Waals surface area contributed by atoms with Crippen LogP contribution in [0.15, 0.2) is 33.9 Å². The predicted octanol–water partition coefficient (Wildman–Crippen LogP) is 1.05. The average molecular weight is 315 g/mol. The number of anilines is 1. The number of para-hydroxylation sites is 1. The van der Waals surface area contributed by atoms with Gasteiger partial charge in [-0.3, -0.25) is 13.9 Å². The number of aromatic nitrogens is 2. The molecule has 6 nitrogen and oxygen atoms in total. The van der Waals surface area contributed by atoms with E-state index in [0.29, 0.717) is 12.2 Å². The number of benzene rings is 1. The molecule has 0 spiro atoms. The van der Waals surface area contributed by atoms with Gasteiger partial charge >= 0.3 is 5.69 Å². The van der Waals surface area contributed by atoms with Crippen LogP contribution in [0.4, 0.5) is 5.69 Å². The van der Waals surface area contributed by atoms with Gasteiger partial charge < -0.3 is 9.64 Å². The predicted molar refractivity (Wildman–Crippen MR) is 89.3 cm³/mol. The van der Waals surface area contributed by atoms with Crippen molar-refractivity contribution in [2.24, 2.45) is 14.1 Å². The molecule has 2 aromatic rings. The second-order valence-corrected chi connectivity index (χ2v) is 5.87. The number of methoxy groups -OCH3 is 1. The second-order valence-electron chi connectivity index (χ2n) is 5.87. The highest BCUT2D eigenvalue weighted by atomic mass is 16.5. The van der Waals surface area contributed by atoms with Gasteiger partial charge in [0.1, 0.15) is 5.75 Å². The van der Waals surface area contributed by atoms with Gasteiger partial charge in [-0.25, -0.2) is 4.79 Å². The van der Waals surface area contributed by atoms with Gasteiger partial charge in [-0.05, 0) is 24.5 Å². The first-order valence-electron chi connectivity index (χ1n) is 7.69. The maximum atomic E-state index is 12.1. The lowest BCUT2D eigenvalue weighted by molar-refractivity contribution is 0.412. The van der Waals surface area contributed by atoms with Crippen molar-refractivity contribution in [3.05, 3.63) is 56.4 Å². The van der Waals surface area contributed by atoms with Gasteiger partial charge in [-0.1, -0.05) is 12.1 Å². The van der Waals surface area contributed by atoms with Gasteiger partial charge in [0.25, 0.3) is 5.56 Å². The minimum Gasteiger partial charge on any atom is -0.495 e. The van der Waals surface area contributed by atoms with Gasteiger partial charge in [-0.15, -0.1) is 0 Å². The van der Waals surface area contributed by atoms with E-state index < -0.39 is 0 Å². The molecule has 0 fully saturated rings. The topological polar surface area (TPSA) is 56.5 Å². The SMILES string of the molecule is COc1cccc2c1N(Cc1cc(=O)n(C)c(=O)n1C)CCC2. The molecule has 122 valence electrons. The Bertz CT molecular complexity index is 837. The van der Waals surface area contributed by atoms with Crippen molar-refractivity contribution in [3.8, 4) is 5.75 Å². The van der Waals surface area contributed by atoms with Crippen molar-refractivity contribution in [1.82, 2.24) is 9.13 Å². The van der Waals surface area contributed by atoms with Crippen LogP contribution < -0.4 is 20.9 Å². The van der Waals surface area contributed by atoms with Crippen LogP contribution in [0.2, 0.25) is 0 Å². The third-order valence-electron chi connectivity index (χ3n) is 4.47. The van der Waals surface area contributed by atoms with E-state index in [0.717, 1.165) is 35.4 Å². The minimum absolute atomic E-state index is 0.277. The molecule has 23 heavy (non-hydrogen) atoms. The van der Waals surface area contributed by atoms with E-state index in [1.807, 2.05) is 12.1 Å². The number of fused-ring (bicyclic) bond motifs is 1. The van der Waals surface area contributed by atoms with Gasteiger partial charge in [0.15, 0.2) is 0 Å². The molecule has 1 aromatic carbocycles. The Kier molecular flexibility index (Phi) is 3.98. The van der Waals surface area contributed by atoms with Crippen LogP contribution in [0, 0.1) is 0 Å². The molecule has 0 bridgehead atoms. The summed E-state index contributed by atoms with van der Waals surface area (Å²) in [4.78, 5) is 26.2. The van der Waals surface area contributed by atoms with Gasteiger partial charge in [0.2, 0.25) is 0 Å². The molecule has 3 rings (SSSR count). The Hall–Kier alpha value is -2.50. The van der Waals surface area contributed by atoms with Crippen LogP contribution in [0.5, 0.6) is 5.75 Å². The van der Waals surface area contributed by atoms with Crippen LogP contribution in [-0.4, -0.2) is 22.8 Å². The molecule has 0 atom stereocenters. The van der Waals surface area contributed by atoms with Crippen LogP contribution in [0.1, 0.15) is 17.7 Å². The molecule has 0 saturated carbocycles. The summed E-state index contributed by atoms with van der Waals surface area (Å²) in [6.45, 7) is 1.38. The Balaban J connectivity index is 2.04. The normalized spacial score (nSPS) is 13.8. The van der Waals surface area contributed by atoms with E-state index in [-0.39, 0.29) is 11.2 Å².